The fraction of sp³-hybridized carbons (Fsp3) is 0.882. The Kier molecular flexibility index (Phi) is 2.84. The number of carbonyl (C=O) groups is 1. The van der Waals surface area contributed by atoms with Crippen LogP contribution >= 0.6 is 0 Å². The molecule has 5 fully saturated rings. The largest absolute Gasteiger partial charge is 0.351 e. The summed E-state index contributed by atoms with van der Waals surface area (Å²) in [6.07, 6.45) is 10.3. The summed E-state index contributed by atoms with van der Waals surface area (Å²) in [7, 11) is 0. The van der Waals surface area contributed by atoms with Crippen molar-refractivity contribution in [2.75, 3.05) is 0 Å². The van der Waals surface area contributed by atoms with Crippen LogP contribution in [0.15, 0.2) is 0 Å². The number of nitriles is 1. The molecule has 0 saturated heterocycles. The summed E-state index contributed by atoms with van der Waals surface area (Å²) in [5.41, 5.74) is -0.700. The minimum atomic E-state index is -0.700. The molecule has 0 atom stereocenters. The van der Waals surface area contributed by atoms with Gasteiger partial charge in [0, 0.05) is 6.04 Å². The molecular formula is C17H24N2O. The molecule has 4 bridgehead atoms. The highest BCUT2D eigenvalue weighted by Gasteiger charge is 2.50. The van der Waals surface area contributed by atoms with Crippen molar-refractivity contribution in [2.24, 2.45) is 29.1 Å². The summed E-state index contributed by atoms with van der Waals surface area (Å²) in [5.74, 6) is 3.32. The zero-order valence-electron chi connectivity index (χ0n) is 12.1. The van der Waals surface area contributed by atoms with Gasteiger partial charge >= 0.3 is 0 Å². The Balaban J connectivity index is 1.49. The van der Waals surface area contributed by atoms with Gasteiger partial charge in [-0.15, -0.1) is 0 Å². The van der Waals surface area contributed by atoms with Crippen LogP contribution in [0.5, 0.6) is 0 Å². The molecule has 0 heterocycles. The third-order valence-corrected chi connectivity index (χ3v) is 6.63. The Labute approximate surface area is 121 Å². The number of carbonyl (C=O) groups excluding carboxylic acids is 1. The summed E-state index contributed by atoms with van der Waals surface area (Å²) >= 11 is 0. The summed E-state index contributed by atoms with van der Waals surface area (Å²) in [5, 5.41) is 12.8. The lowest BCUT2D eigenvalue weighted by atomic mass is 9.54. The van der Waals surface area contributed by atoms with Gasteiger partial charge in [0.15, 0.2) is 0 Å². The van der Waals surface area contributed by atoms with Gasteiger partial charge in [-0.3, -0.25) is 4.79 Å². The van der Waals surface area contributed by atoms with Crippen LogP contribution in [-0.4, -0.2) is 11.9 Å². The highest BCUT2D eigenvalue weighted by Crippen LogP contribution is 2.54. The molecule has 3 heteroatoms. The van der Waals surface area contributed by atoms with Gasteiger partial charge in [0.05, 0.1) is 6.07 Å². The monoisotopic (exact) mass is 272 g/mol. The lowest BCUT2D eigenvalue weighted by Crippen LogP contribution is -2.57. The molecule has 5 saturated carbocycles. The second kappa shape index (κ2) is 4.48. The molecule has 0 aliphatic heterocycles. The van der Waals surface area contributed by atoms with Crippen molar-refractivity contribution in [3.8, 4) is 6.07 Å². The van der Waals surface area contributed by atoms with E-state index in [1.807, 2.05) is 0 Å². The summed E-state index contributed by atoms with van der Waals surface area (Å²) in [6.45, 7) is 0. The van der Waals surface area contributed by atoms with Crippen LogP contribution in [0.2, 0.25) is 0 Å². The van der Waals surface area contributed by atoms with E-state index in [4.69, 9.17) is 0 Å². The first-order valence-corrected chi connectivity index (χ1v) is 8.42. The molecule has 0 aromatic rings. The van der Waals surface area contributed by atoms with Crippen LogP contribution in [0.25, 0.3) is 0 Å². The van der Waals surface area contributed by atoms with Crippen molar-refractivity contribution < 1.29 is 4.79 Å². The van der Waals surface area contributed by atoms with Crippen molar-refractivity contribution in [1.82, 2.24) is 5.32 Å². The van der Waals surface area contributed by atoms with Gasteiger partial charge in [-0.05, 0) is 68.6 Å². The maximum atomic E-state index is 12.7. The van der Waals surface area contributed by atoms with Gasteiger partial charge in [0.2, 0.25) is 5.91 Å². The van der Waals surface area contributed by atoms with Crippen molar-refractivity contribution in [1.29, 1.82) is 5.26 Å². The lowest BCUT2D eigenvalue weighted by Gasteiger charge is -2.54. The Morgan fingerprint density at radius 3 is 2.05 bits per heavy atom. The normalized spacial score (nSPS) is 44.2. The third-order valence-electron chi connectivity index (χ3n) is 6.63. The van der Waals surface area contributed by atoms with Crippen molar-refractivity contribution in [3.05, 3.63) is 0 Å². The number of rotatable bonds is 2. The maximum Gasteiger partial charge on any atom is 0.240 e. The molecule has 5 rings (SSSR count). The van der Waals surface area contributed by atoms with Crippen molar-refractivity contribution in [3.63, 3.8) is 0 Å². The topological polar surface area (TPSA) is 52.9 Å². The smallest absolute Gasteiger partial charge is 0.240 e. The van der Waals surface area contributed by atoms with E-state index in [1.165, 1.54) is 32.1 Å². The van der Waals surface area contributed by atoms with Crippen LogP contribution in [0.4, 0.5) is 0 Å². The van der Waals surface area contributed by atoms with E-state index in [2.05, 4.69) is 11.4 Å². The average Bonchev–Trinajstić information content (AvgIpc) is 2.92. The molecule has 0 aromatic heterocycles. The molecule has 1 amide bonds. The molecule has 0 radical (unpaired) electrons. The van der Waals surface area contributed by atoms with Crippen LogP contribution in [0.3, 0.4) is 0 Å². The van der Waals surface area contributed by atoms with Gasteiger partial charge in [-0.2, -0.15) is 5.26 Å². The number of nitrogens with one attached hydrogen (secondary N) is 1. The SMILES string of the molecule is N#CC1(C(=O)NC2C3CC4CC(C3)CC2C4)CCCC1. The van der Waals surface area contributed by atoms with Crippen LogP contribution in [-0.2, 0) is 4.79 Å². The van der Waals surface area contributed by atoms with Gasteiger partial charge in [-0.25, -0.2) is 0 Å². The van der Waals surface area contributed by atoms with E-state index in [9.17, 15) is 10.1 Å². The van der Waals surface area contributed by atoms with E-state index in [-0.39, 0.29) is 5.91 Å². The molecular weight excluding hydrogens is 248 g/mol. The average molecular weight is 272 g/mol. The molecule has 3 nitrogen and oxygen atoms in total. The number of nitrogens with zero attached hydrogens (tertiary/aromatic N) is 1. The van der Waals surface area contributed by atoms with E-state index in [1.54, 1.807) is 0 Å². The zero-order valence-corrected chi connectivity index (χ0v) is 12.1. The van der Waals surface area contributed by atoms with Gasteiger partial charge in [0.1, 0.15) is 5.41 Å². The Morgan fingerprint density at radius 1 is 1.00 bits per heavy atom. The maximum absolute atomic E-state index is 12.7. The fourth-order valence-corrected chi connectivity index (χ4v) is 5.82. The van der Waals surface area contributed by atoms with Crippen LogP contribution < -0.4 is 5.32 Å². The van der Waals surface area contributed by atoms with E-state index in [0.29, 0.717) is 17.9 Å². The van der Waals surface area contributed by atoms with E-state index >= 15 is 0 Å². The second-order valence-electron chi connectivity index (χ2n) is 7.83. The predicted octanol–water partition coefficient (Wildman–Crippen LogP) is 3.01. The summed E-state index contributed by atoms with van der Waals surface area (Å²) in [4.78, 5) is 12.7. The third kappa shape index (κ3) is 1.80. The lowest BCUT2D eigenvalue weighted by molar-refractivity contribution is -0.132. The minimum Gasteiger partial charge on any atom is -0.351 e. The van der Waals surface area contributed by atoms with Crippen molar-refractivity contribution in [2.45, 2.75) is 63.8 Å². The highest BCUT2D eigenvalue weighted by atomic mass is 16.2. The molecule has 0 spiro atoms. The Morgan fingerprint density at radius 2 is 1.55 bits per heavy atom. The molecule has 108 valence electrons. The van der Waals surface area contributed by atoms with E-state index in [0.717, 1.165) is 37.5 Å². The van der Waals surface area contributed by atoms with Crippen LogP contribution in [0, 0.1) is 40.4 Å². The molecule has 0 aromatic carbocycles. The van der Waals surface area contributed by atoms with Gasteiger partial charge in [0.25, 0.3) is 0 Å². The first-order valence-electron chi connectivity index (χ1n) is 8.42. The van der Waals surface area contributed by atoms with Crippen molar-refractivity contribution >= 4 is 5.91 Å². The highest BCUT2D eigenvalue weighted by molar-refractivity contribution is 5.86. The van der Waals surface area contributed by atoms with Gasteiger partial charge in [-0.1, -0.05) is 12.8 Å². The standard InChI is InChI=1S/C17H24N2O/c18-10-17(3-1-2-4-17)16(20)19-15-13-6-11-5-12(8-13)9-14(15)7-11/h11-15H,1-9H2,(H,19,20). The Hall–Kier alpha value is -1.04. The molecule has 20 heavy (non-hydrogen) atoms. The first kappa shape index (κ1) is 12.7. The fourth-order valence-electron chi connectivity index (χ4n) is 5.82. The minimum absolute atomic E-state index is 0.0509. The number of amides is 1. The summed E-state index contributed by atoms with van der Waals surface area (Å²) < 4.78 is 0. The molecule has 0 unspecified atom stereocenters. The van der Waals surface area contributed by atoms with E-state index < -0.39 is 5.41 Å². The Bertz CT molecular complexity index is 430. The zero-order chi connectivity index (χ0) is 13.7. The molecule has 1 N–H and O–H groups in total. The quantitative estimate of drug-likeness (QED) is 0.840. The predicted molar refractivity (Wildman–Crippen MR) is 75.5 cm³/mol. The van der Waals surface area contributed by atoms with Gasteiger partial charge < -0.3 is 5.32 Å². The number of hydrogen-bond acceptors (Lipinski definition) is 2. The first-order chi connectivity index (χ1) is 9.70. The molecule has 5 aliphatic rings. The van der Waals surface area contributed by atoms with Crippen LogP contribution in [0.1, 0.15) is 57.8 Å². The summed E-state index contributed by atoms with van der Waals surface area (Å²) in [6, 6.07) is 2.71. The second-order valence-corrected chi connectivity index (χ2v) is 7.83. The number of hydrogen-bond donors (Lipinski definition) is 1. The molecule has 5 aliphatic carbocycles.